The zero-order valence-electron chi connectivity index (χ0n) is 18.0. The van der Waals surface area contributed by atoms with Crippen LogP contribution in [0, 0.1) is 5.92 Å². The van der Waals surface area contributed by atoms with E-state index in [9.17, 15) is 13.2 Å². The minimum Gasteiger partial charge on any atom is -0.493 e. The van der Waals surface area contributed by atoms with Crippen LogP contribution in [0.3, 0.4) is 0 Å². The van der Waals surface area contributed by atoms with Crippen LogP contribution in [-0.4, -0.2) is 40.2 Å². The van der Waals surface area contributed by atoms with Gasteiger partial charge in [0.05, 0.1) is 17.6 Å². The molecule has 1 amide bonds. The normalized spacial score (nSPS) is 16.4. The van der Waals surface area contributed by atoms with Gasteiger partial charge in [-0.2, -0.15) is 0 Å². The van der Waals surface area contributed by atoms with Crippen LogP contribution in [0.1, 0.15) is 42.6 Å². The van der Waals surface area contributed by atoms with Gasteiger partial charge >= 0.3 is 0 Å². The Balaban J connectivity index is 1.50. The first-order valence-electron chi connectivity index (χ1n) is 10.5. The first kappa shape index (κ1) is 23.2. The van der Waals surface area contributed by atoms with Gasteiger partial charge in [-0.3, -0.25) is 4.79 Å². The lowest BCUT2D eigenvalue weighted by molar-refractivity contribution is 0.0951. The lowest BCUT2D eigenvalue weighted by Crippen LogP contribution is -2.31. The van der Waals surface area contributed by atoms with Crippen LogP contribution >= 0.6 is 0 Å². The monoisotopic (exact) mass is 446 g/mol. The van der Waals surface area contributed by atoms with Crippen molar-refractivity contribution in [1.82, 2.24) is 10.0 Å². The minimum absolute atomic E-state index is 0.0735. The van der Waals surface area contributed by atoms with E-state index in [2.05, 4.69) is 23.9 Å². The summed E-state index contributed by atoms with van der Waals surface area (Å²) in [6, 6.07) is 13.5. The molecule has 7 nitrogen and oxygen atoms in total. The van der Waals surface area contributed by atoms with Gasteiger partial charge in [-0.05, 0) is 60.7 Å². The highest BCUT2D eigenvalue weighted by Crippen LogP contribution is 2.15. The molecule has 1 fully saturated rings. The van der Waals surface area contributed by atoms with Crippen molar-refractivity contribution in [3.05, 3.63) is 59.7 Å². The van der Waals surface area contributed by atoms with Gasteiger partial charge < -0.3 is 14.8 Å². The van der Waals surface area contributed by atoms with Crippen molar-refractivity contribution in [1.29, 1.82) is 0 Å². The highest BCUT2D eigenvalue weighted by molar-refractivity contribution is 7.89. The molecule has 0 aromatic heterocycles. The number of hydrogen-bond donors (Lipinski definition) is 2. The predicted octanol–water partition coefficient (Wildman–Crippen LogP) is 3.11. The molecule has 1 unspecified atom stereocenters. The van der Waals surface area contributed by atoms with Crippen LogP contribution in [0.25, 0.3) is 0 Å². The third-order valence-electron chi connectivity index (χ3n) is 4.91. The average Bonchev–Trinajstić information content (AvgIpc) is 3.29. The molecular formula is C23H30N2O5S. The van der Waals surface area contributed by atoms with Gasteiger partial charge in [0.2, 0.25) is 10.0 Å². The van der Waals surface area contributed by atoms with Crippen molar-refractivity contribution < 1.29 is 22.7 Å². The smallest absolute Gasteiger partial charge is 0.251 e. The molecule has 2 N–H and O–H groups in total. The number of rotatable bonds is 10. The van der Waals surface area contributed by atoms with Gasteiger partial charge in [-0.15, -0.1) is 0 Å². The third kappa shape index (κ3) is 7.05. The second kappa shape index (κ2) is 10.7. The zero-order chi connectivity index (χ0) is 22.3. The Kier molecular flexibility index (Phi) is 8.06. The Morgan fingerprint density at radius 1 is 1.13 bits per heavy atom. The van der Waals surface area contributed by atoms with Crippen LogP contribution < -0.4 is 14.8 Å². The average molecular weight is 447 g/mol. The van der Waals surface area contributed by atoms with Crippen LogP contribution in [-0.2, 0) is 21.3 Å². The summed E-state index contributed by atoms with van der Waals surface area (Å²) in [5, 5.41) is 2.84. The molecule has 1 saturated heterocycles. The van der Waals surface area contributed by atoms with E-state index in [4.69, 9.17) is 9.47 Å². The number of benzene rings is 2. The molecule has 2 aromatic rings. The maximum Gasteiger partial charge on any atom is 0.251 e. The van der Waals surface area contributed by atoms with E-state index in [0.717, 1.165) is 24.2 Å². The van der Waals surface area contributed by atoms with Crippen molar-refractivity contribution in [2.45, 2.75) is 44.2 Å². The van der Waals surface area contributed by atoms with Crippen LogP contribution in [0.15, 0.2) is 53.4 Å². The summed E-state index contributed by atoms with van der Waals surface area (Å²) in [6.45, 7) is 6.14. The van der Waals surface area contributed by atoms with E-state index in [0.29, 0.717) is 31.2 Å². The number of carbonyl (C=O) groups excluding carboxylic acids is 1. The molecule has 1 aliphatic heterocycles. The van der Waals surface area contributed by atoms with Crippen LogP contribution in [0.2, 0.25) is 0 Å². The number of sulfonamides is 1. The predicted molar refractivity (Wildman–Crippen MR) is 119 cm³/mol. The summed E-state index contributed by atoms with van der Waals surface area (Å²) in [5.41, 5.74) is 1.35. The highest BCUT2D eigenvalue weighted by Gasteiger charge is 2.20. The molecule has 1 heterocycles. The summed E-state index contributed by atoms with van der Waals surface area (Å²) in [6.07, 6.45) is 1.73. The van der Waals surface area contributed by atoms with Gasteiger partial charge in [0.15, 0.2) is 0 Å². The molecule has 2 aromatic carbocycles. The number of carbonyl (C=O) groups is 1. The Labute approximate surface area is 184 Å². The molecule has 0 aliphatic carbocycles. The fraction of sp³-hybridized carbons (Fsp3) is 0.435. The molecule has 0 radical (unpaired) electrons. The largest absolute Gasteiger partial charge is 0.493 e. The molecule has 0 spiro atoms. The Morgan fingerprint density at radius 2 is 1.84 bits per heavy atom. The van der Waals surface area contributed by atoms with E-state index >= 15 is 0 Å². The van der Waals surface area contributed by atoms with Crippen LogP contribution in [0.4, 0.5) is 0 Å². The first-order chi connectivity index (χ1) is 14.8. The van der Waals surface area contributed by atoms with Crippen molar-refractivity contribution in [2.75, 3.05) is 19.8 Å². The van der Waals surface area contributed by atoms with E-state index in [1.807, 2.05) is 24.3 Å². The second-order valence-corrected chi connectivity index (χ2v) is 9.81. The third-order valence-corrected chi connectivity index (χ3v) is 6.35. The molecule has 8 heteroatoms. The summed E-state index contributed by atoms with van der Waals surface area (Å²) in [4.78, 5) is 12.5. The zero-order valence-corrected chi connectivity index (χ0v) is 18.8. The first-order valence-corrected chi connectivity index (χ1v) is 12.0. The summed E-state index contributed by atoms with van der Waals surface area (Å²) >= 11 is 0. The quantitative estimate of drug-likeness (QED) is 0.585. The fourth-order valence-corrected chi connectivity index (χ4v) is 4.19. The molecule has 0 bridgehead atoms. The molecular weight excluding hydrogens is 416 g/mol. The van der Waals surface area contributed by atoms with Crippen LogP contribution in [0.5, 0.6) is 5.75 Å². The van der Waals surface area contributed by atoms with Gasteiger partial charge in [0.1, 0.15) is 5.75 Å². The molecule has 168 valence electrons. The van der Waals surface area contributed by atoms with E-state index in [-0.39, 0.29) is 23.5 Å². The lowest BCUT2D eigenvalue weighted by Gasteiger charge is -2.12. The van der Waals surface area contributed by atoms with Crippen molar-refractivity contribution in [3.8, 4) is 5.75 Å². The van der Waals surface area contributed by atoms with Gasteiger partial charge in [-0.1, -0.05) is 26.0 Å². The standard InChI is InChI=1S/C23H30N2O5S/c1-17(2)16-30-20-9-5-18(6-10-20)14-24-23(26)19-7-11-22(12-8-19)31(27,28)25-15-21-4-3-13-29-21/h5-12,17,21,25H,3-4,13-16H2,1-2H3,(H,24,26). The van der Waals surface area contributed by atoms with Gasteiger partial charge in [0, 0.05) is 25.3 Å². The van der Waals surface area contributed by atoms with Gasteiger partial charge in [0.25, 0.3) is 5.91 Å². The maximum absolute atomic E-state index is 12.4. The van der Waals surface area contributed by atoms with E-state index in [1.54, 1.807) is 0 Å². The SMILES string of the molecule is CC(C)COc1ccc(CNC(=O)c2ccc(S(=O)(=O)NCC3CCCO3)cc2)cc1. The highest BCUT2D eigenvalue weighted by atomic mass is 32.2. The molecule has 1 aliphatic rings. The van der Waals surface area contributed by atoms with Crippen molar-refractivity contribution >= 4 is 15.9 Å². The number of ether oxygens (including phenoxy) is 2. The summed E-state index contributed by atoms with van der Waals surface area (Å²) < 4.78 is 38.5. The van der Waals surface area contributed by atoms with Crippen molar-refractivity contribution in [2.24, 2.45) is 5.92 Å². The van der Waals surface area contributed by atoms with Crippen molar-refractivity contribution in [3.63, 3.8) is 0 Å². The summed E-state index contributed by atoms with van der Waals surface area (Å²) in [5.74, 6) is 0.988. The Bertz CT molecular complexity index is 950. The Morgan fingerprint density at radius 3 is 2.45 bits per heavy atom. The molecule has 0 saturated carbocycles. The molecule has 3 rings (SSSR count). The number of amides is 1. The van der Waals surface area contributed by atoms with Gasteiger partial charge in [-0.25, -0.2) is 13.1 Å². The maximum atomic E-state index is 12.4. The van der Waals surface area contributed by atoms with E-state index < -0.39 is 10.0 Å². The molecule has 31 heavy (non-hydrogen) atoms. The minimum atomic E-state index is -3.63. The van der Waals surface area contributed by atoms with E-state index in [1.165, 1.54) is 24.3 Å². The topological polar surface area (TPSA) is 93.7 Å². The second-order valence-electron chi connectivity index (χ2n) is 8.04. The number of nitrogens with one attached hydrogen (secondary N) is 2. The fourth-order valence-electron chi connectivity index (χ4n) is 3.13. The molecule has 1 atom stereocenters. The Hall–Kier alpha value is -2.42. The number of hydrogen-bond acceptors (Lipinski definition) is 5. The lowest BCUT2D eigenvalue weighted by atomic mass is 10.2. The summed E-state index contributed by atoms with van der Waals surface area (Å²) in [7, 11) is -3.63.